The summed E-state index contributed by atoms with van der Waals surface area (Å²) in [5, 5.41) is 3.84. The number of nitrogens with one attached hydrogen (secondary N) is 1. The lowest BCUT2D eigenvalue weighted by atomic mass is 9.66. The van der Waals surface area contributed by atoms with Crippen molar-refractivity contribution in [3.05, 3.63) is 28.2 Å². The van der Waals surface area contributed by atoms with E-state index in [1.54, 1.807) is 18.2 Å². The van der Waals surface area contributed by atoms with Gasteiger partial charge in [-0.3, -0.25) is 4.79 Å². The van der Waals surface area contributed by atoms with Crippen molar-refractivity contribution in [3.8, 4) is 0 Å². The molecule has 1 aromatic carbocycles. The third kappa shape index (κ3) is 3.16. The Labute approximate surface area is 117 Å². The third-order valence-electron chi connectivity index (χ3n) is 3.53. The van der Waals surface area contributed by atoms with Crippen molar-refractivity contribution in [1.29, 1.82) is 0 Å². The van der Waals surface area contributed by atoms with Gasteiger partial charge in [0.1, 0.15) is 0 Å². The summed E-state index contributed by atoms with van der Waals surface area (Å²) in [6.45, 7) is 0.566. The molecule has 1 saturated carbocycles. The van der Waals surface area contributed by atoms with Crippen molar-refractivity contribution in [2.45, 2.75) is 25.7 Å². The predicted octanol–water partition coefficient (Wildman–Crippen LogP) is 3.45. The highest BCUT2D eigenvalue weighted by Gasteiger charge is 2.37. The lowest BCUT2D eigenvalue weighted by molar-refractivity contribution is -0.119. The Balaban J connectivity index is 1.98. The summed E-state index contributed by atoms with van der Waals surface area (Å²) in [6.07, 6.45) is 3.70. The fourth-order valence-corrected chi connectivity index (χ4v) is 2.83. The highest BCUT2D eigenvalue weighted by Crippen LogP contribution is 2.43. The minimum Gasteiger partial charge on any atom is -0.330 e. The second-order valence-electron chi connectivity index (χ2n) is 4.94. The summed E-state index contributed by atoms with van der Waals surface area (Å²) in [5.41, 5.74) is 6.37. The van der Waals surface area contributed by atoms with Crippen molar-refractivity contribution < 1.29 is 4.79 Å². The summed E-state index contributed by atoms with van der Waals surface area (Å²) >= 11 is 11.8. The number of nitrogens with two attached hydrogens (primary N) is 1. The molecule has 1 aliphatic rings. The van der Waals surface area contributed by atoms with Gasteiger partial charge in [0, 0.05) is 22.2 Å². The second kappa shape index (κ2) is 5.47. The Morgan fingerprint density at radius 1 is 1.28 bits per heavy atom. The van der Waals surface area contributed by atoms with Crippen LogP contribution in [0.1, 0.15) is 25.7 Å². The molecule has 0 unspecified atom stereocenters. The molecule has 1 amide bonds. The number of anilines is 1. The number of benzene rings is 1. The van der Waals surface area contributed by atoms with E-state index in [9.17, 15) is 4.79 Å². The minimum absolute atomic E-state index is 0.00640. The van der Waals surface area contributed by atoms with Crippen LogP contribution in [-0.4, -0.2) is 12.5 Å². The Morgan fingerprint density at radius 3 is 2.33 bits per heavy atom. The van der Waals surface area contributed by atoms with Gasteiger partial charge in [0.25, 0.3) is 0 Å². The molecule has 0 spiro atoms. The Bertz CT molecular complexity index is 433. The van der Waals surface area contributed by atoms with Gasteiger partial charge in [-0.2, -0.15) is 0 Å². The lowest BCUT2D eigenvalue weighted by Gasteiger charge is -2.40. The van der Waals surface area contributed by atoms with Gasteiger partial charge in [0.05, 0.1) is 0 Å². The largest absolute Gasteiger partial charge is 0.330 e. The standard InChI is InChI=1S/C13H16Cl2N2O/c14-9-4-10(15)6-11(5-9)17-12(18)7-13(8-16)2-1-3-13/h4-6H,1-3,7-8,16H2,(H,17,18). The van der Waals surface area contributed by atoms with E-state index in [2.05, 4.69) is 5.32 Å². The first-order chi connectivity index (χ1) is 8.53. The Morgan fingerprint density at radius 2 is 1.89 bits per heavy atom. The van der Waals surface area contributed by atoms with Crippen LogP contribution in [0.5, 0.6) is 0 Å². The van der Waals surface area contributed by atoms with Crippen molar-refractivity contribution in [3.63, 3.8) is 0 Å². The zero-order valence-electron chi connectivity index (χ0n) is 10.0. The van der Waals surface area contributed by atoms with Crippen LogP contribution in [-0.2, 0) is 4.79 Å². The van der Waals surface area contributed by atoms with E-state index in [1.807, 2.05) is 0 Å². The van der Waals surface area contributed by atoms with Crippen LogP contribution in [0.3, 0.4) is 0 Å². The number of halogens is 2. The van der Waals surface area contributed by atoms with Crippen molar-refractivity contribution >= 4 is 34.8 Å². The van der Waals surface area contributed by atoms with E-state index in [0.29, 0.717) is 28.7 Å². The predicted molar refractivity (Wildman–Crippen MR) is 75.0 cm³/mol. The maximum atomic E-state index is 11.9. The first-order valence-corrected chi connectivity index (χ1v) is 6.75. The molecular formula is C13H16Cl2N2O. The quantitative estimate of drug-likeness (QED) is 0.891. The summed E-state index contributed by atoms with van der Waals surface area (Å²) < 4.78 is 0. The van der Waals surface area contributed by atoms with Crippen molar-refractivity contribution in [2.75, 3.05) is 11.9 Å². The average Bonchev–Trinajstić information content (AvgIpc) is 2.21. The zero-order chi connectivity index (χ0) is 13.2. The van der Waals surface area contributed by atoms with E-state index < -0.39 is 0 Å². The van der Waals surface area contributed by atoms with E-state index in [1.165, 1.54) is 0 Å². The minimum atomic E-state index is -0.0292. The Hall–Kier alpha value is -0.770. The van der Waals surface area contributed by atoms with Gasteiger partial charge < -0.3 is 11.1 Å². The second-order valence-corrected chi connectivity index (χ2v) is 5.81. The summed E-state index contributed by atoms with van der Waals surface area (Å²) in [6, 6.07) is 4.99. The summed E-state index contributed by atoms with van der Waals surface area (Å²) in [4.78, 5) is 11.9. The maximum absolute atomic E-state index is 11.9. The van der Waals surface area contributed by atoms with Gasteiger partial charge in [-0.1, -0.05) is 29.6 Å². The molecule has 1 aliphatic carbocycles. The molecule has 0 aromatic heterocycles. The molecule has 5 heteroatoms. The van der Waals surface area contributed by atoms with Crippen LogP contribution in [0, 0.1) is 5.41 Å². The van der Waals surface area contributed by atoms with E-state index in [0.717, 1.165) is 19.3 Å². The third-order valence-corrected chi connectivity index (χ3v) is 3.97. The molecule has 3 nitrogen and oxygen atoms in total. The zero-order valence-corrected chi connectivity index (χ0v) is 11.5. The average molecular weight is 287 g/mol. The lowest BCUT2D eigenvalue weighted by Crippen LogP contribution is -2.40. The number of amides is 1. The van der Waals surface area contributed by atoms with Crippen molar-refractivity contribution in [2.24, 2.45) is 11.1 Å². The molecule has 1 aromatic rings. The molecule has 18 heavy (non-hydrogen) atoms. The molecule has 0 atom stereocenters. The van der Waals surface area contributed by atoms with Crippen LogP contribution in [0.4, 0.5) is 5.69 Å². The maximum Gasteiger partial charge on any atom is 0.224 e. The van der Waals surface area contributed by atoms with Gasteiger partial charge in [0.2, 0.25) is 5.91 Å². The van der Waals surface area contributed by atoms with Gasteiger partial charge in [-0.15, -0.1) is 0 Å². The van der Waals surface area contributed by atoms with Crippen molar-refractivity contribution in [1.82, 2.24) is 0 Å². The van der Waals surface area contributed by atoms with Gasteiger partial charge in [-0.05, 0) is 43.0 Å². The van der Waals surface area contributed by atoms with Gasteiger partial charge in [0.15, 0.2) is 0 Å². The van der Waals surface area contributed by atoms with Gasteiger partial charge in [-0.25, -0.2) is 0 Å². The summed E-state index contributed by atoms with van der Waals surface area (Å²) in [7, 11) is 0. The highest BCUT2D eigenvalue weighted by molar-refractivity contribution is 6.35. The van der Waals surface area contributed by atoms with E-state index in [4.69, 9.17) is 28.9 Å². The first kappa shape index (κ1) is 13.7. The molecule has 0 heterocycles. The molecule has 0 radical (unpaired) electrons. The molecule has 2 rings (SSSR count). The summed E-state index contributed by atoms with van der Waals surface area (Å²) in [5.74, 6) is -0.0292. The van der Waals surface area contributed by atoms with Crippen LogP contribution >= 0.6 is 23.2 Å². The monoisotopic (exact) mass is 286 g/mol. The SMILES string of the molecule is NCC1(CC(=O)Nc2cc(Cl)cc(Cl)c2)CCC1. The van der Waals surface area contributed by atoms with Crippen LogP contribution in [0.25, 0.3) is 0 Å². The normalized spacial score (nSPS) is 17.1. The molecule has 0 aliphatic heterocycles. The van der Waals surface area contributed by atoms with Crippen LogP contribution < -0.4 is 11.1 Å². The smallest absolute Gasteiger partial charge is 0.224 e. The fourth-order valence-electron chi connectivity index (χ4n) is 2.30. The number of carbonyl (C=O) groups is 1. The number of hydrogen-bond acceptors (Lipinski definition) is 2. The van der Waals surface area contributed by atoms with Crippen LogP contribution in [0.2, 0.25) is 10.0 Å². The first-order valence-electron chi connectivity index (χ1n) is 5.99. The molecule has 0 saturated heterocycles. The van der Waals surface area contributed by atoms with E-state index in [-0.39, 0.29) is 11.3 Å². The number of carbonyl (C=O) groups excluding carboxylic acids is 1. The fraction of sp³-hybridized carbons (Fsp3) is 0.462. The molecule has 0 bridgehead atoms. The molecular weight excluding hydrogens is 271 g/mol. The molecule has 98 valence electrons. The number of hydrogen-bond donors (Lipinski definition) is 2. The van der Waals surface area contributed by atoms with Crippen LogP contribution in [0.15, 0.2) is 18.2 Å². The Kier molecular flexibility index (Phi) is 4.15. The van der Waals surface area contributed by atoms with E-state index >= 15 is 0 Å². The van der Waals surface area contributed by atoms with Gasteiger partial charge >= 0.3 is 0 Å². The topological polar surface area (TPSA) is 55.1 Å². The highest BCUT2D eigenvalue weighted by atomic mass is 35.5. The molecule has 3 N–H and O–H groups in total. The molecule has 1 fully saturated rings. The number of rotatable bonds is 4.